The molecular formula is C21H25NO2S. The Balaban J connectivity index is 2.59. The van der Waals surface area contributed by atoms with Gasteiger partial charge in [0.25, 0.3) is 0 Å². The maximum atomic E-state index is 11.3. The van der Waals surface area contributed by atoms with E-state index in [4.69, 9.17) is 5.73 Å². The van der Waals surface area contributed by atoms with Crippen LogP contribution in [0.15, 0.2) is 46.9 Å². The number of carbonyl (C=O) groups is 1. The highest BCUT2D eigenvalue weighted by Gasteiger charge is 2.13. The number of nitrogen functional groups attached to an aromatic ring is 1. The molecule has 2 aromatic rings. The minimum Gasteiger partial charge on any atom is -0.478 e. The molecule has 3 nitrogen and oxygen atoms in total. The minimum absolute atomic E-state index is 0.281. The molecule has 4 heteroatoms. The lowest BCUT2D eigenvalue weighted by atomic mass is 9.92. The van der Waals surface area contributed by atoms with Crippen molar-refractivity contribution in [3.63, 3.8) is 0 Å². The number of hydrogen-bond donors (Lipinski definition) is 3. The van der Waals surface area contributed by atoms with Crippen LogP contribution in [0.2, 0.25) is 0 Å². The first-order valence-electron chi connectivity index (χ1n) is 8.56. The summed E-state index contributed by atoms with van der Waals surface area (Å²) in [5, 5.41) is 9.26. The van der Waals surface area contributed by atoms with E-state index >= 15 is 0 Å². The first-order valence-corrected chi connectivity index (χ1v) is 9.01. The smallest absolute Gasteiger partial charge is 0.331 e. The van der Waals surface area contributed by atoms with Gasteiger partial charge in [-0.3, -0.25) is 0 Å². The van der Waals surface area contributed by atoms with Crippen molar-refractivity contribution < 1.29 is 9.90 Å². The summed E-state index contributed by atoms with van der Waals surface area (Å²) < 4.78 is 0. The lowest BCUT2D eigenvalue weighted by Crippen LogP contribution is -2.00. The van der Waals surface area contributed by atoms with Crippen LogP contribution in [0.25, 0.3) is 17.2 Å². The van der Waals surface area contributed by atoms with Crippen LogP contribution in [0.5, 0.6) is 0 Å². The molecule has 3 N–H and O–H groups in total. The monoisotopic (exact) mass is 355 g/mol. The highest BCUT2D eigenvalue weighted by molar-refractivity contribution is 7.80. The Labute approximate surface area is 155 Å². The number of benzene rings is 2. The zero-order valence-corrected chi connectivity index (χ0v) is 15.6. The van der Waals surface area contributed by atoms with Gasteiger partial charge in [0.05, 0.1) is 0 Å². The fraction of sp³-hybridized carbons (Fsp3) is 0.286. The number of unbranched alkanes of at least 4 members (excludes halogenated alkanes) is 2. The summed E-state index contributed by atoms with van der Waals surface area (Å²) >= 11 is 4.54. The summed E-state index contributed by atoms with van der Waals surface area (Å²) in [6.45, 7) is 3.77. The van der Waals surface area contributed by atoms with Crippen LogP contribution in [0.3, 0.4) is 0 Å². The maximum Gasteiger partial charge on any atom is 0.331 e. The fourth-order valence-corrected chi connectivity index (χ4v) is 3.15. The van der Waals surface area contributed by atoms with Gasteiger partial charge in [-0.15, -0.1) is 12.6 Å². The number of carboxylic acid groups (broad SMARTS) is 1. The third-order valence-electron chi connectivity index (χ3n) is 4.21. The summed E-state index contributed by atoms with van der Waals surface area (Å²) in [7, 11) is 0. The lowest BCUT2D eigenvalue weighted by molar-refractivity contribution is -0.132. The van der Waals surface area contributed by atoms with Crippen LogP contribution >= 0.6 is 12.6 Å². The molecule has 0 aliphatic heterocycles. The molecule has 0 bridgehead atoms. The average molecular weight is 356 g/mol. The fourth-order valence-electron chi connectivity index (χ4n) is 2.88. The van der Waals surface area contributed by atoms with Crippen LogP contribution in [-0.2, 0) is 11.2 Å². The molecule has 0 aromatic heterocycles. The Kier molecular flexibility index (Phi) is 6.71. The summed E-state index contributed by atoms with van der Waals surface area (Å²) in [6.07, 6.45) is 6.05. The summed E-state index contributed by atoms with van der Waals surface area (Å²) in [4.78, 5) is 12.1. The second kappa shape index (κ2) is 8.77. The summed E-state index contributed by atoms with van der Waals surface area (Å²) in [5.41, 5.74) is 11.0. The number of carboxylic acids is 1. The first kappa shape index (κ1) is 19.1. The van der Waals surface area contributed by atoms with Gasteiger partial charge in [-0.05, 0) is 54.7 Å². The van der Waals surface area contributed by atoms with Gasteiger partial charge in [0.2, 0.25) is 0 Å². The molecule has 0 fully saturated rings. The Bertz CT molecular complexity index is 796. The van der Waals surface area contributed by atoms with E-state index in [2.05, 4.69) is 19.6 Å². The van der Waals surface area contributed by atoms with Crippen LogP contribution in [0.1, 0.15) is 44.2 Å². The van der Waals surface area contributed by atoms with Gasteiger partial charge in [-0.1, -0.05) is 44.0 Å². The molecule has 25 heavy (non-hydrogen) atoms. The van der Waals surface area contributed by atoms with Crippen molar-refractivity contribution in [2.24, 2.45) is 0 Å². The van der Waals surface area contributed by atoms with E-state index in [0.717, 1.165) is 46.4 Å². The van der Waals surface area contributed by atoms with Crippen molar-refractivity contribution in [2.75, 3.05) is 5.73 Å². The van der Waals surface area contributed by atoms with Gasteiger partial charge in [-0.2, -0.15) is 0 Å². The Morgan fingerprint density at radius 2 is 1.96 bits per heavy atom. The molecular weight excluding hydrogens is 330 g/mol. The van der Waals surface area contributed by atoms with Gasteiger partial charge in [0.1, 0.15) is 0 Å². The molecule has 0 spiro atoms. The molecule has 0 saturated carbocycles. The van der Waals surface area contributed by atoms with Gasteiger partial charge < -0.3 is 10.8 Å². The highest BCUT2D eigenvalue weighted by Crippen LogP contribution is 2.36. The van der Waals surface area contributed by atoms with Crippen molar-refractivity contribution in [2.45, 2.75) is 44.4 Å². The summed E-state index contributed by atoms with van der Waals surface area (Å²) in [5.74, 6) is -0.930. The SMILES string of the molecule is CCCCCc1cc(N)c(-c2ccccc2S)c(/C=C(\C)C(=O)O)c1. The number of anilines is 1. The number of rotatable bonds is 7. The largest absolute Gasteiger partial charge is 0.478 e. The van der Waals surface area contributed by atoms with Crippen LogP contribution in [0, 0.1) is 0 Å². The number of hydrogen-bond acceptors (Lipinski definition) is 3. The maximum absolute atomic E-state index is 11.3. The Hall–Kier alpha value is -2.20. The van der Waals surface area contributed by atoms with Crippen LogP contribution in [-0.4, -0.2) is 11.1 Å². The normalized spacial score (nSPS) is 11.6. The molecule has 2 aromatic carbocycles. The molecule has 0 aliphatic rings. The molecule has 0 saturated heterocycles. The van der Waals surface area contributed by atoms with E-state index in [1.807, 2.05) is 36.4 Å². The van der Waals surface area contributed by atoms with Crippen molar-refractivity contribution in [3.05, 3.63) is 53.1 Å². The highest BCUT2D eigenvalue weighted by atomic mass is 32.1. The van der Waals surface area contributed by atoms with Crippen molar-refractivity contribution in [1.29, 1.82) is 0 Å². The van der Waals surface area contributed by atoms with E-state index in [9.17, 15) is 9.90 Å². The predicted octanol–water partition coefficient (Wildman–Crippen LogP) is 5.45. The number of aliphatic carboxylic acids is 1. The van der Waals surface area contributed by atoms with E-state index in [-0.39, 0.29) is 5.57 Å². The molecule has 0 atom stereocenters. The molecule has 0 unspecified atom stereocenters. The van der Waals surface area contributed by atoms with E-state index in [0.29, 0.717) is 5.69 Å². The third-order valence-corrected chi connectivity index (χ3v) is 4.60. The second-order valence-corrected chi connectivity index (χ2v) is 6.74. The number of thiol groups is 1. The summed E-state index contributed by atoms with van der Waals surface area (Å²) in [6, 6.07) is 11.8. The molecule has 0 radical (unpaired) electrons. The van der Waals surface area contributed by atoms with Crippen molar-refractivity contribution in [1.82, 2.24) is 0 Å². The van der Waals surface area contributed by atoms with E-state index in [1.54, 1.807) is 13.0 Å². The molecule has 2 rings (SSSR count). The number of nitrogens with two attached hydrogens (primary N) is 1. The van der Waals surface area contributed by atoms with Crippen LogP contribution < -0.4 is 5.73 Å². The number of aryl methyl sites for hydroxylation is 1. The average Bonchev–Trinajstić information content (AvgIpc) is 2.56. The quantitative estimate of drug-likeness (QED) is 0.268. The van der Waals surface area contributed by atoms with Gasteiger partial charge in [0, 0.05) is 21.7 Å². The Morgan fingerprint density at radius 1 is 1.24 bits per heavy atom. The first-order chi connectivity index (χ1) is 11.9. The molecule has 0 aliphatic carbocycles. The van der Waals surface area contributed by atoms with Crippen molar-refractivity contribution in [3.8, 4) is 11.1 Å². The molecule has 132 valence electrons. The zero-order chi connectivity index (χ0) is 18.4. The predicted molar refractivity (Wildman–Crippen MR) is 108 cm³/mol. The second-order valence-electron chi connectivity index (χ2n) is 6.26. The molecule has 0 heterocycles. The Morgan fingerprint density at radius 3 is 2.60 bits per heavy atom. The van der Waals surface area contributed by atoms with E-state index in [1.165, 1.54) is 6.42 Å². The minimum atomic E-state index is -0.930. The standard InChI is InChI=1S/C21H25NO2S/c1-3-4-5-8-15-12-16(11-14(2)21(23)24)20(18(22)13-15)17-9-6-7-10-19(17)25/h6-7,9-13,25H,3-5,8,22H2,1-2H3,(H,23,24)/b14-11+. The van der Waals surface area contributed by atoms with E-state index < -0.39 is 5.97 Å². The topological polar surface area (TPSA) is 63.3 Å². The van der Waals surface area contributed by atoms with Gasteiger partial charge >= 0.3 is 5.97 Å². The van der Waals surface area contributed by atoms with Gasteiger partial charge in [0.15, 0.2) is 0 Å². The zero-order valence-electron chi connectivity index (χ0n) is 14.7. The van der Waals surface area contributed by atoms with Crippen LogP contribution in [0.4, 0.5) is 5.69 Å². The lowest BCUT2D eigenvalue weighted by Gasteiger charge is -2.15. The van der Waals surface area contributed by atoms with Gasteiger partial charge in [-0.25, -0.2) is 4.79 Å². The third kappa shape index (κ3) is 4.89. The van der Waals surface area contributed by atoms with Crippen molar-refractivity contribution >= 4 is 30.4 Å². The molecule has 0 amide bonds.